The number of nitrogens with zero attached hydrogens (tertiary/aromatic N) is 1. The molecule has 0 aromatic heterocycles. The highest BCUT2D eigenvalue weighted by molar-refractivity contribution is 6.01. The van der Waals surface area contributed by atoms with Crippen molar-refractivity contribution >= 4 is 23.3 Å². The number of ether oxygens (including phenoxy) is 2. The van der Waals surface area contributed by atoms with Gasteiger partial charge >= 0.3 is 5.97 Å². The number of hydrogen-bond donors (Lipinski definition) is 0. The van der Waals surface area contributed by atoms with Gasteiger partial charge in [-0.1, -0.05) is 35.9 Å². The van der Waals surface area contributed by atoms with Gasteiger partial charge < -0.3 is 14.4 Å². The molecule has 6 nitrogen and oxygen atoms in total. The summed E-state index contributed by atoms with van der Waals surface area (Å²) in [5.74, 6) is -0.911. The lowest BCUT2D eigenvalue weighted by Gasteiger charge is -2.17. The molecule has 1 fully saturated rings. The zero-order valence-corrected chi connectivity index (χ0v) is 15.3. The first-order valence-corrected chi connectivity index (χ1v) is 8.69. The van der Waals surface area contributed by atoms with Crippen LogP contribution in [0.25, 0.3) is 0 Å². The average molecular weight is 367 g/mol. The Labute approximate surface area is 157 Å². The predicted molar refractivity (Wildman–Crippen MR) is 99.9 cm³/mol. The lowest BCUT2D eigenvalue weighted by atomic mass is 10.1. The number of hydrogen-bond acceptors (Lipinski definition) is 5. The van der Waals surface area contributed by atoms with Crippen molar-refractivity contribution in [1.29, 1.82) is 0 Å². The molecule has 1 aliphatic rings. The van der Waals surface area contributed by atoms with Gasteiger partial charge in [0.05, 0.1) is 13.0 Å². The van der Waals surface area contributed by atoms with Gasteiger partial charge in [0.1, 0.15) is 5.75 Å². The number of amides is 1. The molecule has 2 aromatic rings. The summed E-state index contributed by atoms with van der Waals surface area (Å²) in [5, 5.41) is 0. The van der Waals surface area contributed by atoms with E-state index in [-0.39, 0.29) is 31.3 Å². The van der Waals surface area contributed by atoms with E-state index < -0.39 is 11.9 Å². The van der Waals surface area contributed by atoms with Crippen molar-refractivity contribution in [3.8, 4) is 5.75 Å². The van der Waals surface area contributed by atoms with E-state index in [0.717, 1.165) is 5.56 Å². The fourth-order valence-electron chi connectivity index (χ4n) is 2.97. The van der Waals surface area contributed by atoms with Gasteiger partial charge in [-0.3, -0.25) is 14.4 Å². The lowest BCUT2D eigenvalue weighted by molar-refractivity contribution is -0.147. The second kappa shape index (κ2) is 8.03. The Morgan fingerprint density at radius 3 is 2.59 bits per heavy atom. The van der Waals surface area contributed by atoms with Gasteiger partial charge in [0.2, 0.25) is 5.91 Å². The van der Waals surface area contributed by atoms with Crippen molar-refractivity contribution in [2.45, 2.75) is 13.3 Å². The number of benzene rings is 2. The Morgan fingerprint density at radius 2 is 1.89 bits per heavy atom. The van der Waals surface area contributed by atoms with Crippen molar-refractivity contribution in [1.82, 2.24) is 0 Å². The smallest absolute Gasteiger partial charge is 0.311 e. The van der Waals surface area contributed by atoms with Crippen molar-refractivity contribution in [3.05, 3.63) is 59.7 Å². The summed E-state index contributed by atoms with van der Waals surface area (Å²) < 4.78 is 10.3. The summed E-state index contributed by atoms with van der Waals surface area (Å²) in [5.41, 5.74) is 2.21. The number of ketones is 1. The summed E-state index contributed by atoms with van der Waals surface area (Å²) in [4.78, 5) is 38.3. The third-order valence-corrected chi connectivity index (χ3v) is 4.54. The first kappa shape index (κ1) is 18.6. The van der Waals surface area contributed by atoms with Crippen LogP contribution in [0.1, 0.15) is 22.3 Å². The molecule has 27 heavy (non-hydrogen) atoms. The van der Waals surface area contributed by atoms with Crippen LogP contribution >= 0.6 is 0 Å². The van der Waals surface area contributed by atoms with Gasteiger partial charge in [0.15, 0.2) is 12.4 Å². The zero-order chi connectivity index (χ0) is 19.4. The topological polar surface area (TPSA) is 72.9 Å². The van der Waals surface area contributed by atoms with Gasteiger partial charge in [-0.05, 0) is 19.1 Å². The molecule has 3 rings (SSSR count). The zero-order valence-electron chi connectivity index (χ0n) is 15.3. The van der Waals surface area contributed by atoms with Gasteiger partial charge in [-0.2, -0.15) is 0 Å². The first-order valence-electron chi connectivity index (χ1n) is 8.69. The molecule has 0 bridgehead atoms. The van der Waals surface area contributed by atoms with Crippen LogP contribution in [0.2, 0.25) is 0 Å². The Kier molecular flexibility index (Phi) is 5.54. The SMILES string of the molecule is COc1cccc(N2CC(C(=O)OCC(=O)c3ccc(C)cc3)CC2=O)c1. The number of carbonyl (C=O) groups is 3. The van der Waals surface area contributed by atoms with E-state index in [2.05, 4.69) is 0 Å². The quantitative estimate of drug-likeness (QED) is 0.580. The van der Waals surface area contributed by atoms with Crippen molar-refractivity contribution < 1.29 is 23.9 Å². The fourth-order valence-corrected chi connectivity index (χ4v) is 2.97. The maximum atomic E-state index is 12.3. The van der Waals surface area contributed by atoms with Crippen LogP contribution in [-0.2, 0) is 14.3 Å². The Hall–Kier alpha value is -3.15. The Balaban J connectivity index is 1.58. The van der Waals surface area contributed by atoms with Crippen LogP contribution in [-0.4, -0.2) is 37.9 Å². The molecule has 1 amide bonds. The summed E-state index contributed by atoms with van der Waals surface area (Å²) >= 11 is 0. The van der Waals surface area contributed by atoms with Gasteiger partial charge in [-0.15, -0.1) is 0 Å². The largest absolute Gasteiger partial charge is 0.497 e. The lowest BCUT2D eigenvalue weighted by Crippen LogP contribution is -2.27. The highest BCUT2D eigenvalue weighted by Gasteiger charge is 2.36. The highest BCUT2D eigenvalue weighted by Crippen LogP contribution is 2.28. The first-order chi connectivity index (χ1) is 13.0. The number of aryl methyl sites for hydroxylation is 1. The summed E-state index contributed by atoms with van der Waals surface area (Å²) in [7, 11) is 1.55. The highest BCUT2D eigenvalue weighted by atomic mass is 16.5. The summed E-state index contributed by atoms with van der Waals surface area (Å²) in [6, 6.07) is 14.2. The van der Waals surface area contributed by atoms with Crippen LogP contribution in [0.3, 0.4) is 0 Å². The molecule has 0 N–H and O–H groups in total. The molecule has 1 saturated heterocycles. The molecule has 6 heteroatoms. The molecule has 0 aliphatic carbocycles. The van der Waals surface area contributed by atoms with Gasteiger partial charge in [-0.25, -0.2) is 0 Å². The van der Waals surface area contributed by atoms with Crippen LogP contribution in [0.5, 0.6) is 5.75 Å². The van der Waals surface area contributed by atoms with Crippen molar-refractivity contribution in [2.24, 2.45) is 5.92 Å². The molecule has 2 aromatic carbocycles. The molecule has 1 aliphatic heterocycles. The number of esters is 1. The van der Waals surface area contributed by atoms with E-state index in [4.69, 9.17) is 9.47 Å². The molecule has 140 valence electrons. The van der Waals surface area contributed by atoms with Crippen LogP contribution in [0.4, 0.5) is 5.69 Å². The third-order valence-electron chi connectivity index (χ3n) is 4.54. The Bertz CT molecular complexity index is 859. The van der Waals surface area contributed by atoms with E-state index in [9.17, 15) is 14.4 Å². The predicted octanol–water partition coefficient (Wildman–Crippen LogP) is 2.78. The normalized spacial score (nSPS) is 16.3. The molecular formula is C21H21NO5. The van der Waals surface area contributed by atoms with Crippen LogP contribution in [0, 0.1) is 12.8 Å². The van der Waals surface area contributed by atoms with E-state index in [1.165, 1.54) is 4.90 Å². The molecular weight excluding hydrogens is 346 g/mol. The molecule has 0 spiro atoms. The van der Waals surface area contributed by atoms with Gasteiger partial charge in [0, 0.05) is 30.3 Å². The second-order valence-corrected chi connectivity index (χ2v) is 6.50. The number of methoxy groups -OCH3 is 1. The average Bonchev–Trinajstić information content (AvgIpc) is 3.08. The van der Waals surface area contributed by atoms with E-state index in [1.807, 2.05) is 19.1 Å². The number of rotatable bonds is 6. The number of anilines is 1. The maximum Gasteiger partial charge on any atom is 0.311 e. The molecule has 0 saturated carbocycles. The van der Waals surface area contributed by atoms with E-state index >= 15 is 0 Å². The number of Topliss-reactive ketones (excluding diaryl/α,β-unsaturated/α-hetero) is 1. The van der Waals surface area contributed by atoms with Crippen molar-refractivity contribution in [3.63, 3.8) is 0 Å². The minimum Gasteiger partial charge on any atom is -0.497 e. The molecule has 1 heterocycles. The minimum atomic E-state index is -0.588. The van der Waals surface area contributed by atoms with Crippen molar-refractivity contribution in [2.75, 3.05) is 25.2 Å². The fraction of sp³-hybridized carbons (Fsp3) is 0.286. The second-order valence-electron chi connectivity index (χ2n) is 6.50. The molecule has 0 radical (unpaired) electrons. The van der Waals surface area contributed by atoms with Crippen LogP contribution in [0.15, 0.2) is 48.5 Å². The molecule has 1 unspecified atom stereocenters. The van der Waals surface area contributed by atoms with E-state index in [0.29, 0.717) is 17.0 Å². The third kappa shape index (κ3) is 4.34. The molecule has 1 atom stereocenters. The Morgan fingerprint density at radius 1 is 1.15 bits per heavy atom. The number of carbonyl (C=O) groups excluding carboxylic acids is 3. The monoisotopic (exact) mass is 367 g/mol. The standard InChI is InChI=1S/C21H21NO5/c1-14-6-8-15(9-7-14)19(23)13-27-21(25)16-10-20(24)22(12-16)17-4-3-5-18(11-17)26-2/h3-9,11,16H,10,12-13H2,1-2H3. The van der Waals surface area contributed by atoms with Gasteiger partial charge in [0.25, 0.3) is 0 Å². The summed E-state index contributed by atoms with van der Waals surface area (Å²) in [6.45, 7) is 1.83. The minimum absolute atomic E-state index is 0.0643. The van der Waals surface area contributed by atoms with Crippen LogP contribution < -0.4 is 9.64 Å². The summed E-state index contributed by atoms with van der Waals surface area (Å²) in [6.07, 6.45) is 0.0643. The van der Waals surface area contributed by atoms with E-state index in [1.54, 1.807) is 43.5 Å². The maximum absolute atomic E-state index is 12.3.